The van der Waals surface area contributed by atoms with E-state index in [1.165, 1.54) is 43.2 Å². The van der Waals surface area contributed by atoms with E-state index in [0.29, 0.717) is 0 Å². The van der Waals surface area contributed by atoms with Crippen LogP contribution in [0.5, 0.6) is 0 Å². The second kappa shape index (κ2) is 13.2. The first kappa shape index (κ1) is 30.6. The number of hydrogen-bond acceptors (Lipinski definition) is 3. The van der Waals surface area contributed by atoms with Crippen LogP contribution in [0.2, 0.25) is 0 Å². The molecule has 0 unspecified atom stereocenters. The minimum absolute atomic E-state index is 0. The average Bonchev–Trinajstić information content (AvgIpc) is 3.16. The predicted molar refractivity (Wildman–Crippen MR) is 175 cm³/mol. The molecule has 215 valence electrons. The second-order valence-corrected chi connectivity index (χ2v) is 12.5. The maximum absolute atomic E-state index is 4.65. The molecule has 2 nitrogen and oxygen atoms in total. The molecule has 0 N–H and O–H groups in total. The van der Waals surface area contributed by atoms with Gasteiger partial charge in [-0.15, -0.1) is 71.4 Å². The Balaban J connectivity index is 0.000000221. The molecule has 43 heavy (non-hydrogen) atoms. The van der Waals surface area contributed by atoms with Gasteiger partial charge in [0.2, 0.25) is 0 Å². The first-order valence-corrected chi connectivity index (χ1v) is 15.0. The fourth-order valence-corrected chi connectivity index (χ4v) is 6.06. The van der Waals surface area contributed by atoms with Crippen molar-refractivity contribution in [2.75, 3.05) is 0 Å². The first-order chi connectivity index (χ1) is 20.4. The summed E-state index contributed by atoms with van der Waals surface area (Å²) in [7, 11) is 0. The fourth-order valence-electron chi connectivity index (χ4n) is 4.99. The Hall–Kier alpha value is -3.82. The Morgan fingerprint density at radius 2 is 1.35 bits per heavy atom. The molecule has 0 aliphatic carbocycles. The number of aromatic nitrogens is 2. The molecule has 2 aromatic heterocycles. The van der Waals surface area contributed by atoms with Crippen LogP contribution in [0.15, 0.2) is 131 Å². The summed E-state index contributed by atoms with van der Waals surface area (Å²) in [5.74, 6) is 0. The number of rotatable bonds is 2. The Kier molecular flexibility index (Phi) is 9.42. The van der Waals surface area contributed by atoms with E-state index >= 15 is 0 Å². The third-order valence-electron chi connectivity index (χ3n) is 7.33. The molecular weight excluding hydrogens is 721 g/mol. The third kappa shape index (κ3) is 6.89. The fraction of sp³-hybridized carbons (Fsp3) is 0.128. The van der Waals surface area contributed by atoms with E-state index in [1.807, 2.05) is 61.4 Å². The van der Waals surface area contributed by atoms with Gasteiger partial charge in [-0.05, 0) is 63.7 Å². The van der Waals surface area contributed by atoms with Crippen LogP contribution in [-0.4, -0.2) is 9.97 Å². The summed E-state index contributed by atoms with van der Waals surface area (Å²) in [5.41, 5.74) is 11.7. The van der Waals surface area contributed by atoms with Crippen molar-refractivity contribution in [1.82, 2.24) is 9.97 Å². The van der Waals surface area contributed by atoms with E-state index in [2.05, 4.69) is 122 Å². The van der Waals surface area contributed by atoms with Gasteiger partial charge in [0.05, 0.1) is 0 Å². The Labute approximate surface area is 273 Å². The summed E-state index contributed by atoms with van der Waals surface area (Å²) in [6.07, 6.45) is 3.78. The molecule has 1 aliphatic heterocycles. The Morgan fingerprint density at radius 3 is 2.05 bits per heavy atom. The van der Waals surface area contributed by atoms with Crippen molar-refractivity contribution < 1.29 is 20.1 Å². The standard InChI is InChI=1S/C27H22NS.C12H10N.Ir/c1-27(2,3)19-14-15-28-24(17-19)18-12-13-26-23(16-18)21-9-5-4-8-20(21)22-10-6-7-11-25(22)29-26;1-10-7-8-12(13-9-10)11-5-3-2-4-6-11;/h4-11,13-17H,1-3H3;2-5,7-9H,1H3;/q2*-1;. The normalized spacial score (nSPS) is 11.4. The van der Waals surface area contributed by atoms with Crippen molar-refractivity contribution in [2.24, 2.45) is 0 Å². The molecular formula is C39H32IrN2S-2. The quantitative estimate of drug-likeness (QED) is 0.165. The number of fused-ring (bicyclic) bond motifs is 5. The van der Waals surface area contributed by atoms with Crippen molar-refractivity contribution in [3.63, 3.8) is 0 Å². The predicted octanol–water partition coefficient (Wildman–Crippen LogP) is 10.5. The van der Waals surface area contributed by atoms with Crippen LogP contribution in [0.3, 0.4) is 0 Å². The number of pyridine rings is 2. The van der Waals surface area contributed by atoms with Crippen LogP contribution in [0, 0.1) is 19.1 Å². The minimum atomic E-state index is 0. The van der Waals surface area contributed by atoms with E-state index in [4.69, 9.17) is 0 Å². The van der Waals surface area contributed by atoms with Crippen LogP contribution in [-0.2, 0) is 25.5 Å². The molecule has 0 bridgehead atoms. The van der Waals surface area contributed by atoms with E-state index in [0.717, 1.165) is 22.5 Å². The van der Waals surface area contributed by atoms with Crippen molar-refractivity contribution >= 4 is 11.8 Å². The second-order valence-electron chi connectivity index (χ2n) is 11.4. The van der Waals surface area contributed by atoms with Gasteiger partial charge < -0.3 is 9.97 Å². The van der Waals surface area contributed by atoms with Gasteiger partial charge >= 0.3 is 0 Å². The summed E-state index contributed by atoms with van der Waals surface area (Å²) in [5, 5.41) is 0. The first-order valence-electron chi connectivity index (χ1n) is 14.2. The topological polar surface area (TPSA) is 25.8 Å². The largest absolute Gasteiger partial charge is 0.305 e. The van der Waals surface area contributed by atoms with Crippen molar-refractivity contribution in [3.05, 3.63) is 145 Å². The molecule has 0 saturated heterocycles. The maximum Gasteiger partial charge on any atom is 0.0190 e. The number of benzene rings is 4. The average molecular weight is 753 g/mol. The van der Waals surface area contributed by atoms with Gasteiger partial charge in [-0.1, -0.05) is 91.9 Å². The zero-order valence-corrected chi connectivity index (χ0v) is 27.9. The summed E-state index contributed by atoms with van der Waals surface area (Å²) in [4.78, 5) is 11.5. The summed E-state index contributed by atoms with van der Waals surface area (Å²) in [6.45, 7) is 8.73. The zero-order valence-electron chi connectivity index (χ0n) is 24.7. The maximum atomic E-state index is 4.65. The molecule has 4 heteroatoms. The van der Waals surface area contributed by atoms with Gasteiger partial charge in [0.25, 0.3) is 0 Å². The Morgan fingerprint density at radius 1 is 0.628 bits per heavy atom. The molecule has 3 heterocycles. The van der Waals surface area contributed by atoms with Crippen LogP contribution in [0.4, 0.5) is 0 Å². The van der Waals surface area contributed by atoms with Gasteiger partial charge in [0, 0.05) is 37.4 Å². The molecule has 0 amide bonds. The zero-order chi connectivity index (χ0) is 29.1. The molecule has 0 saturated carbocycles. The molecule has 1 aliphatic rings. The van der Waals surface area contributed by atoms with Crippen LogP contribution in [0.25, 0.3) is 44.8 Å². The van der Waals surface area contributed by atoms with Gasteiger partial charge in [0.1, 0.15) is 0 Å². The monoisotopic (exact) mass is 753 g/mol. The number of aryl methyl sites for hydroxylation is 1. The molecule has 0 atom stereocenters. The summed E-state index contributed by atoms with van der Waals surface area (Å²) >= 11 is 1.82. The van der Waals surface area contributed by atoms with Gasteiger partial charge in [-0.3, -0.25) is 0 Å². The SMILES string of the molecule is CC(C)(C)c1ccnc(-c2[c-]cc3c(c2)-c2ccccc2-c2ccccc2S3)c1.Cc1ccc(-c2[c-]cccc2)nc1.[Ir]. The molecule has 6 aromatic rings. The Bertz CT molecular complexity index is 1840. The third-order valence-corrected chi connectivity index (χ3v) is 8.46. The van der Waals surface area contributed by atoms with Gasteiger partial charge in [0.15, 0.2) is 0 Å². The van der Waals surface area contributed by atoms with Crippen molar-refractivity contribution in [3.8, 4) is 44.8 Å². The smallest absolute Gasteiger partial charge is 0.0190 e. The molecule has 7 rings (SSSR count). The van der Waals surface area contributed by atoms with E-state index in [1.54, 1.807) is 0 Å². The van der Waals surface area contributed by atoms with Crippen LogP contribution in [0.1, 0.15) is 31.9 Å². The number of nitrogens with zero attached hydrogens (tertiary/aromatic N) is 2. The molecule has 0 fully saturated rings. The number of hydrogen-bond donors (Lipinski definition) is 0. The van der Waals surface area contributed by atoms with E-state index in [-0.39, 0.29) is 25.5 Å². The minimum Gasteiger partial charge on any atom is -0.305 e. The van der Waals surface area contributed by atoms with Crippen LogP contribution < -0.4 is 0 Å². The van der Waals surface area contributed by atoms with E-state index in [9.17, 15) is 0 Å². The van der Waals surface area contributed by atoms with Crippen molar-refractivity contribution in [1.29, 1.82) is 0 Å². The molecule has 1 radical (unpaired) electrons. The molecule has 0 spiro atoms. The summed E-state index contributed by atoms with van der Waals surface area (Å²) in [6, 6.07) is 44.6. The summed E-state index contributed by atoms with van der Waals surface area (Å²) < 4.78 is 0. The molecule has 4 aromatic carbocycles. The van der Waals surface area contributed by atoms with Crippen molar-refractivity contribution in [2.45, 2.75) is 42.9 Å². The van der Waals surface area contributed by atoms with Gasteiger partial charge in [-0.25, -0.2) is 0 Å². The van der Waals surface area contributed by atoms with Gasteiger partial charge in [-0.2, -0.15) is 0 Å². The van der Waals surface area contributed by atoms with E-state index < -0.39 is 0 Å². The van der Waals surface area contributed by atoms with Crippen LogP contribution >= 0.6 is 11.8 Å².